The van der Waals surface area contributed by atoms with Crippen LogP contribution in [0.1, 0.15) is 57.8 Å². The Bertz CT molecular complexity index is 161. The van der Waals surface area contributed by atoms with Gasteiger partial charge in [0.15, 0.2) is 0 Å². The molecular formula is C13H25N. The molecule has 0 saturated heterocycles. The first kappa shape index (κ1) is 10.5. The summed E-state index contributed by atoms with van der Waals surface area (Å²) in [4.78, 5) is 0. The van der Waals surface area contributed by atoms with Crippen molar-refractivity contribution in [2.45, 2.75) is 63.8 Å². The summed E-state index contributed by atoms with van der Waals surface area (Å²) in [5, 5.41) is 3.46. The van der Waals surface area contributed by atoms with E-state index in [4.69, 9.17) is 0 Å². The van der Waals surface area contributed by atoms with Gasteiger partial charge in [0.1, 0.15) is 0 Å². The molecule has 1 heteroatoms. The maximum Gasteiger partial charge on any atom is 0.00667 e. The molecule has 2 atom stereocenters. The van der Waals surface area contributed by atoms with E-state index in [1.165, 1.54) is 57.8 Å². The van der Waals surface area contributed by atoms with Gasteiger partial charge in [0.25, 0.3) is 0 Å². The van der Waals surface area contributed by atoms with E-state index in [1.54, 1.807) is 0 Å². The molecule has 0 amide bonds. The van der Waals surface area contributed by atoms with Crippen molar-refractivity contribution < 1.29 is 0 Å². The van der Waals surface area contributed by atoms with Gasteiger partial charge in [-0.2, -0.15) is 0 Å². The number of nitrogens with one attached hydrogen (secondary N) is 1. The van der Waals surface area contributed by atoms with E-state index in [-0.39, 0.29) is 0 Å². The third-order valence-corrected chi connectivity index (χ3v) is 4.33. The maximum atomic E-state index is 3.46. The van der Waals surface area contributed by atoms with E-state index in [0.29, 0.717) is 0 Å². The van der Waals surface area contributed by atoms with Crippen molar-refractivity contribution in [3.8, 4) is 0 Å². The first-order chi connectivity index (χ1) is 6.88. The summed E-state index contributed by atoms with van der Waals surface area (Å²) in [5.74, 6) is 2.14. The van der Waals surface area contributed by atoms with E-state index in [0.717, 1.165) is 17.9 Å². The molecular weight excluding hydrogens is 170 g/mol. The highest BCUT2D eigenvalue weighted by Gasteiger charge is 2.24. The highest BCUT2D eigenvalue weighted by molar-refractivity contribution is 4.80. The number of rotatable bonds is 3. The molecule has 2 unspecified atom stereocenters. The summed E-state index contributed by atoms with van der Waals surface area (Å²) < 4.78 is 0. The monoisotopic (exact) mass is 195 g/mol. The minimum absolute atomic E-state index is 0.829. The van der Waals surface area contributed by atoms with Crippen LogP contribution >= 0.6 is 0 Å². The summed E-state index contributed by atoms with van der Waals surface area (Å²) in [6, 6.07) is 0.829. The van der Waals surface area contributed by atoms with Crippen LogP contribution < -0.4 is 5.32 Å². The normalized spacial score (nSPS) is 34.9. The van der Waals surface area contributed by atoms with E-state index in [2.05, 4.69) is 12.4 Å². The number of hydrogen-bond acceptors (Lipinski definition) is 1. The molecule has 0 radical (unpaired) electrons. The Labute approximate surface area is 88.7 Å². The minimum Gasteiger partial charge on any atom is -0.317 e. The predicted octanol–water partition coefficient (Wildman–Crippen LogP) is 3.34. The molecule has 0 bridgehead atoms. The largest absolute Gasteiger partial charge is 0.317 e. The van der Waals surface area contributed by atoms with Gasteiger partial charge in [0, 0.05) is 6.04 Å². The molecule has 2 saturated carbocycles. The molecule has 0 aliphatic heterocycles. The zero-order chi connectivity index (χ0) is 9.80. The molecule has 0 heterocycles. The van der Waals surface area contributed by atoms with Crippen molar-refractivity contribution >= 4 is 0 Å². The molecule has 2 aliphatic rings. The van der Waals surface area contributed by atoms with Gasteiger partial charge in [-0.1, -0.05) is 38.5 Å². The summed E-state index contributed by atoms with van der Waals surface area (Å²) in [5.41, 5.74) is 0. The Kier molecular flexibility index (Phi) is 3.86. The minimum atomic E-state index is 0.829. The fourth-order valence-corrected chi connectivity index (χ4v) is 3.48. The first-order valence-corrected chi connectivity index (χ1v) is 6.55. The lowest BCUT2D eigenvalue weighted by atomic mass is 9.80. The summed E-state index contributed by atoms with van der Waals surface area (Å²) in [6.07, 6.45) is 13.4. The van der Waals surface area contributed by atoms with Crippen LogP contribution in [0.5, 0.6) is 0 Å². The second-order valence-corrected chi connectivity index (χ2v) is 5.40. The zero-order valence-corrected chi connectivity index (χ0v) is 9.60. The van der Waals surface area contributed by atoms with Gasteiger partial charge in [-0.25, -0.2) is 0 Å². The highest BCUT2D eigenvalue weighted by atomic mass is 14.9. The standard InChI is InChI=1S/C13H25N/c1-14-13-8-4-7-12(10-13)9-11-5-2-3-6-11/h11-14H,2-10H2,1H3. The van der Waals surface area contributed by atoms with Crippen LogP contribution in [-0.2, 0) is 0 Å². The lowest BCUT2D eigenvalue weighted by molar-refractivity contribution is 0.250. The van der Waals surface area contributed by atoms with Crippen LogP contribution in [-0.4, -0.2) is 13.1 Å². The van der Waals surface area contributed by atoms with E-state index < -0.39 is 0 Å². The molecule has 14 heavy (non-hydrogen) atoms. The van der Waals surface area contributed by atoms with Crippen molar-refractivity contribution in [2.24, 2.45) is 11.8 Å². The van der Waals surface area contributed by atoms with Crippen LogP contribution in [0, 0.1) is 11.8 Å². The van der Waals surface area contributed by atoms with Crippen molar-refractivity contribution in [3.63, 3.8) is 0 Å². The van der Waals surface area contributed by atoms with Crippen LogP contribution in [0.25, 0.3) is 0 Å². The van der Waals surface area contributed by atoms with Gasteiger partial charge in [-0.05, 0) is 38.1 Å². The molecule has 0 spiro atoms. The Balaban J connectivity index is 1.73. The molecule has 0 aromatic carbocycles. The highest BCUT2D eigenvalue weighted by Crippen LogP contribution is 2.35. The van der Waals surface area contributed by atoms with Gasteiger partial charge in [-0.15, -0.1) is 0 Å². The second-order valence-electron chi connectivity index (χ2n) is 5.40. The van der Waals surface area contributed by atoms with E-state index >= 15 is 0 Å². The molecule has 2 aliphatic carbocycles. The van der Waals surface area contributed by atoms with Crippen molar-refractivity contribution in [1.29, 1.82) is 0 Å². The Hall–Kier alpha value is -0.0400. The third-order valence-electron chi connectivity index (χ3n) is 4.33. The quantitative estimate of drug-likeness (QED) is 0.728. The maximum absolute atomic E-state index is 3.46. The first-order valence-electron chi connectivity index (χ1n) is 6.55. The summed E-state index contributed by atoms with van der Waals surface area (Å²) >= 11 is 0. The molecule has 1 N–H and O–H groups in total. The van der Waals surface area contributed by atoms with Gasteiger partial charge in [0.2, 0.25) is 0 Å². The van der Waals surface area contributed by atoms with Crippen molar-refractivity contribution in [1.82, 2.24) is 5.32 Å². The van der Waals surface area contributed by atoms with Crippen molar-refractivity contribution in [3.05, 3.63) is 0 Å². The average Bonchev–Trinajstić information content (AvgIpc) is 2.71. The second kappa shape index (κ2) is 5.16. The Morgan fingerprint density at radius 1 is 0.929 bits per heavy atom. The predicted molar refractivity (Wildman–Crippen MR) is 61.4 cm³/mol. The zero-order valence-electron chi connectivity index (χ0n) is 9.60. The Morgan fingerprint density at radius 3 is 2.36 bits per heavy atom. The smallest absolute Gasteiger partial charge is 0.00667 e. The van der Waals surface area contributed by atoms with Crippen LogP contribution in [0.2, 0.25) is 0 Å². The van der Waals surface area contributed by atoms with Crippen LogP contribution in [0.15, 0.2) is 0 Å². The molecule has 82 valence electrons. The van der Waals surface area contributed by atoms with Gasteiger partial charge in [0.05, 0.1) is 0 Å². The molecule has 2 rings (SSSR count). The topological polar surface area (TPSA) is 12.0 Å². The molecule has 1 nitrogen and oxygen atoms in total. The lowest BCUT2D eigenvalue weighted by Gasteiger charge is -2.30. The molecule has 2 fully saturated rings. The van der Waals surface area contributed by atoms with Gasteiger partial charge in [-0.3, -0.25) is 0 Å². The SMILES string of the molecule is CNC1CCCC(CC2CCCC2)C1. The summed E-state index contributed by atoms with van der Waals surface area (Å²) in [7, 11) is 2.13. The Morgan fingerprint density at radius 2 is 1.64 bits per heavy atom. The van der Waals surface area contributed by atoms with Crippen LogP contribution in [0.4, 0.5) is 0 Å². The van der Waals surface area contributed by atoms with Gasteiger partial charge < -0.3 is 5.32 Å². The van der Waals surface area contributed by atoms with Crippen LogP contribution in [0.3, 0.4) is 0 Å². The third kappa shape index (κ3) is 2.73. The van der Waals surface area contributed by atoms with E-state index in [1.807, 2.05) is 0 Å². The fraction of sp³-hybridized carbons (Fsp3) is 1.00. The van der Waals surface area contributed by atoms with Gasteiger partial charge >= 0.3 is 0 Å². The molecule has 0 aromatic rings. The average molecular weight is 195 g/mol. The summed E-state index contributed by atoms with van der Waals surface area (Å²) in [6.45, 7) is 0. The lowest BCUT2D eigenvalue weighted by Crippen LogP contribution is -2.31. The molecule has 0 aromatic heterocycles. The number of hydrogen-bond donors (Lipinski definition) is 1. The van der Waals surface area contributed by atoms with E-state index in [9.17, 15) is 0 Å². The van der Waals surface area contributed by atoms with Crippen molar-refractivity contribution in [2.75, 3.05) is 7.05 Å². The fourth-order valence-electron chi connectivity index (χ4n) is 3.48.